The maximum Gasteiger partial charge on any atom is 0.269 e. The number of nitrogen functional groups attached to an aromatic ring is 1. The van der Waals surface area contributed by atoms with E-state index in [2.05, 4.69) is 12.3 Å². The van der Waals surface area contributed by atoms with E-state index in [0.717, 1.165) is 18.4 Å². The van der Waals surface area contributed by atoms with Crippen molar-refractivity contribution in [3.05, 3.63) is 33.9 Å². The second-order valence-electron chi connectivity index (χ2n) is 5.55. The number of nitrogens with zero attached hydrogens (tertiary/aromatic N) is 1. The largest absolute Gasteiger partial charge is 0.373 e. The molecule has 3 N–H and O–H groups in total. The van der Waals surface area contributed by atoms with Gasteiger partial charge in [0.25, 0.3) is 5.69 Å². The molecule has 6 nitrogen and oxygen atoms in total. The van der Waals surface area contributed by atoms with Crippen molar-refractivity contribution in [2.75, 3.05) is 5.43 Å². The van der Waals surface area contributed by atoms with E-state index < -0.39 is 4.92 Å². The number of hydrogen-bond acceptors (Lipinski definition) is 5. The van der Waals surface area contributed by atoms with Crippen LogP contribution in [0.1, 0.15) is 44.6 Å². The quantitative estimate of drug-likeness (QED) is 0.477. The zero-order chi connectivity index (χ0) is 15.2. The highest BCUT2D eigenvalue weighted by Crippen LogP contribution is 2.31. The van der Waals surface area contributed by atoms with Crippen LogP contribution < -0.4 is 11.3 Å². The number of nitro groups is 1. The number of non-ortho nitro benzene ring substituents is 1. The van der Waals surface area contributed by atoms with Crippen molar-refractivity contribution in [3.63, 3.8) is 0 Å². The Morgan fingerprint density at radius 1 is 1.43 bits per heavy atom. The molecule has 0 bridgehead atoms. The molecule has 1 aliphatic rings. The van der Waals surface area contributed by atoms with E-state index in [1.54, 1.807) is 6.07 Å². The first kappa shape index (κ1) is 15.7. The maximum absolute atomic E-state index is 10.9. The van der Waals surface area contributed by atoms with Gasteiger partial charge in [0, 0.05) is 17.7 Å². The summed E-state index contributed by atoms with van der Waals surface area (Å²) in [6.07, 6.45) is 6.09. The summed E-state index contributed by atoms with van der Waals surface area (Å²) in [6, 6.07) is 4.59. The number of hydrogen-bond donors (Lipinski definition) is 2. The number of nitrogens with two attached hydrogens (primary N) is 1. The summed E-state index contributed by atoms with van der Waals surface area (Å²) in [5, 5.41) is 10.9. The normalized spacial score (nSPS) is 22.0. The molecule has 2 unspecified atom stereocenters. The van der Waals surface area contributed by atoms with E-state index in [4.69, 9.17) is 10.6 Å². The van der Waals surface area contributed by atoms with Crippen LogP contribution in [0.4, 0.5) is 11.4 Å². The highest BCUT2D eigenvalue weighted by Gasteiger charge is 2.24. The summed E-state index contributed by atoms with van der Waals surface area (Å²) < 4.78 is 6.03. The Morgan fingerprint density at radius 2 is 2.19 bits per heavy atom. The lowest BCUT2D eigenvalue weighted by molar-refractivity contribution is -0.384. The number of benzene rings is 1. The minimum absolute atomic E-state index is 0.0586. The van der Waals surface area contributed by atoms with Gasteiger partial charge in [-0.3, -0.25) is 16.0 Å². The maximum atomic E-state index is 10.9. The van der Waals surface area contributed by atoms with Crippen LogP contribution in [-0.4, -0.2) is 11.0 Å². The van der Waals surface area contributed by atoms with Gasteiger partial charge in [-0.05, 0) is 24.8 Å². The van der Waals surface area contributed by atoms with E-state index in [9.17, 15) is 10.1 Å². The first-order valence-corrected chi connectivity index (χ1v) is 7.51. The van der Waals surface area contributed by atoms with E-state index in [1.807, 2.05) is 0 Å². The van der Waals surface area contributed by atoms with Gasteiger partial charge in [-0.25, -0.2) is 0 Å². The fraction of sp³-hybridized carbons (Fsp3) is 0.600. The van der Waals surface area contributed by atoms with Crippen molar-refractivity contribution in [2.45, 2.75) is 51.7 Å². The average molecular weight is 293 g/mol. The second-order valence-corrected chi connectivity index (χ2v) is 5.55. The topological polar surface area (TPSA) is 90.4 Å². The van der Waals surface area contributed by atoms with Crippen LogP contribution in [0.25, 0.3) is 0 Å². The van der Waals surface area contributed by atoms with Gasteiger partial charge >= 0.3 is 0 Å². The van der Waals surface area contributed by atoms with E-state index >= 15 is 0 Å². The molecular formula is C15H23N3O3. The van der Waals surface area contributed by atoms with Crippen molar-refractivity contribution in [3.8, 4) is 0 Å². The highest BCUT2D eigenvalue weighted by atomic mass is 16.6. The molecule has 0 aliphatic heterocycles. The Bertz CT molecular complexity index is 493. The molecule has 2 atom stereocenters. The summed E-state index contributed by atoms with van der Waals surface area (Å²) in [6.45, 7) is 2.54. The van der Waals surface area contributed by atoms with Crippen LogP contribution >= 0.6 is 0 Å². The lowest BCUT2D eigenvalue weighted by atomic mass is 9.85. The van der Waals surface area contributed by atoms with Crippen molar-refractivity contribution in [1.82, 2.24) is 0 Å². The van der Waals surface area contributed by atoms with Crippen LogP contribution in [-0.2, 0) is 11.3 Å². The predicted octanol–water partition coefficient (Wildman–Crippen LogP) is 3.37. The van der Waals surface area contributed by atoms with Crippen LogP contribution in [0, 0.1) is 16.0 Å². The fourth-order valence-electron chi connectivity index (χ4n) is 3.01. The van der Waals surface area contributed by atoms with E-state index in [0.29, 0.717) is 18.2 Å². The van der Waals surface area contributed by atoms with Crippen molar-refractivity contribution >= 4 is 11.4 Å². The number of anilines is 1. The van der Waals surface area contributed by atoms with Crippen molar-refractivity contribution in [2.24, 2.45) is 11.8 Å². The van der Waals surface area contributed by atoms with E-state index in [-0.39, 0.29) is 11.8 Å². The molecule has 21 heavy (non-hydrogen) atoms. The number of rotatable bonds is 6. The second kappa shape index (κ2) is 7.38. The van der Waals surface area contributed by atoms with Gasteiger partial charge in [0.1, 0.15) is 0 Å². The molecule has 1 aromatic rings. The Labute approximate surface area is 124 Å². The molecule has 0 aromatic heterocycles. The molecule has 1 saturated carbocycles. The minimum Gasteiger partial charge on any atom is -0.373 e. The number of nitro benzene ring substituents is 1. The monoisotopic (exact) mass is 293 g/mol. The van der Waals surface area contributed by atoms with Crippen LogP contribution in [0.2, 0.25) is 0 Å². The molecule has 1 aliphatic carbocycles. The number of ether oxygens (including phenoxy) is 1. The van der Waals surface area contributed by atoms with Gasteiger partial charge in [0.15, 0.2) is 0 Å². The molecule has 6 heteroatoms. The summed E-state index contributed by atoms with van der Waals surface area (Å²) in [4.78, 5) is 10.5. The third kappa shape index (κ3) is 3.92. The Hall–Kier alpha value is -1.66. The molecule has 2 rings (SSSR count). The van der Waals surface area contributed by atoms with Gasteiger partial charge in [-0.15, -0.1) is 0 Å². The van der Waals surface area contributed by atoms with Crippen molar-refractivity contribution in [1.29, 1.82) is 0 Å². The zero-order valence-corrected chi connectivity index (χ0v) is 12.4. The van der Waals surface area contributed by atoms with Gasteiger partial charge < -0.3 is 10.2 Å². The molecule has 0 spiro atoms. The highest BCUT2D eigenvalue weighted by molar-refractivity contribution is 5.55. The minimum atomic E-state index is -0.404. The summed E-state index contributed by atoms with van der Waals surface area (Å²) in [5.74, 6) is 6.05. The fourth-order valence-corrected chi connectivity index (χ4v) is 3.01. The zero-order valence-electron chi connectivity index (χ0n) is 12.4. The first-order chi connectivity index (χ1) is 10.2. The molecule has 1 aromatic carbocycles. The Morgan fingerprint density at radius 3 is 2.86 bits per heavy atom. The first-order valence-electron chi connectivity index (χ1n) is 7.51. The SMILES string of the molecule is CCC1CCCCC1OCc1cc([N+](=O)[O-])ccc1NN. The van der Waals surface area contributed by atoms with Gasteiger partial charge in [0.05, 0.1) is 23.3 Å². The smallest absolute Gasteiger partial charge is 0.269 e. The Balaban J connectivity index is 2.07. The van der Waals surface area contributed by atoms with E-state index in [1.165, 1.54) is 31.4 Å². The van der Waals surface area contributed by atoms with Gasteiger partial charge in [-0.2, -0.15) is 0 Å². The predicted molar refractivity (Wildman–Crippen MR) is 81.7 cm³/mol. The summed E-state index contributed by atoms with van der Waals surface area (Å²) in [7, 11) is 0. The lowest BCUT2D eigenvalue weighted by Crippen LogP contribution is -2.27. The molecule has 116 valence electrons. The molecule has 0 heterocycles. The van der Waals surface area contributed by atoms with Crippen LogP contribution in [0.3, 0.4) is 0 Å². The number of nitrogens with one attached hydrogen (secondary N) is 1. The third-order valence-electron chi connectivity index (χ3n) is 4.27. The third-order valence-corrected chi connectivity index (χ3v) is 4.27. The molecule has 0 saturated heterocycles. The van der Waals surface area contributed by atoms with Crippen LogP contribution in [0.5, 0.6) is 0 Å². The lowest BCUT2D eigenvalue weighted by Gasteiger charge is -2.31. The van der Waals surface area contributed by atoms with Crippen molar-refractivity contribution < 1.29 is 9.66 Å². The molecule has 1 fully saturated rings. The number of hydrazine groups is 1. The Kier molecular flexibility index (Phi) is 5.52. The van der Waals surface area contributed by atoms with Crippen LogP contribution in [0.15, 0.2) is 18.2 Å². The summed E-state index contributed by atoms with van der Waals surface area (Å²) in [5.41, 5.74) is 4.03. The average Bonchev–Trinajstić information content (AvgIpc) is 2.52. The molecular weight excluding hydrogens is 270 g/mol. The van der Waals surface area contributed by atoms with Gasteiger partial charge in [-0.1, -0.05) is 26.2 Å². The van der Waals surface area contributed by atoms with Gasteiger partial charge in [0.2, 0.25) is 0 Å². The molecule has 0 radical (unpaired) electrons. The molecule has 0 amide bonds. The summed E-state index contributed by atoms with van der Waals surface area (Å²) >= 11 is 0. The standard InChI is InChI=1S/C15H23N3O3/c1-2-11-5-3-4-6-15(11)21-10-12-9-13(18(19)20)7-8-14(12)17-16/h7-9,11,15,17H,2-6,10,16H2,1H3.